The second-order valence-corrected chi connectivity index (χ2v) is 10.2. The first-order valence-electron chi connectivity index (χ1n) is 9.52. The van der Waals surface area contributed by atoms with Crippen molar-refractivity contribution in [1.29, 1.82) is 0 Å². The number of likely N-dealkylation sites (tertiary alicyclic amines) is 1. The number of carbonyl (C=O) groups excluding carboxylic acids is 1. The highest BCUT2D eigenvalue weighted by Crippen LogP contribution is 2.58. The monoisotopic (exact) mass is 420 g/mol. The fraction of sp³-hybridized carbons (Fsp3) is 0.500. The molecule has 0 bridgehead atoms. The van der Waals surface area contributed by atoms with Gasteiger partial charge in [0.2, 0.25) is 5.41 Å². The Hall–Kier alpha value is -1.48. The van der Waals surface area contributed by atoms with Crippen molar-refractivity contribution in [3.05, 3.63) is 46.3 Å². The first-order valence-corrected chi connectivity index (χ1v) is 11.3. The highest BCUT2D eigenvalue weighted by molar-refractivity contribution is 8.23. The van der Waals surface area contributed by atoms with Gasteiger partial charge in [0.05, 0.1) is 10.3 Å². The van der Waals surface area contributed by atoms with Crippen LogP contribution >= 0.6 is 23.5 Å². The summed E-state index contributed by atoms with van der Waals surface area (Å²) in [6.07, 6.45) is 1.90. The van der Waals surface area contributed by atoms with Gasteiger partial charge < -0.3 is 15.1 Å². The van der Waals surface area contributed by atoms with Crippen molar-refractivity contribution >= 4 is 35.4 Å². The van der Waals surface area contributed by atoms with Crippen molar-refractivity contribution in [2.75, 3.05) is 13.1 Å². The number of carboxylic acids is 1. The average molecular weight is 421 g/mol. The van der Waals surface area contributed by atoms with Crippen molar-refractivity contribution in [3.8, 4) is 0 Å². The summed E-state index contributed by atoms with van der Waals surface area (Å²) >= 11 is 3.13. The third-order valence-electron chi connectivity index (χ3n) is 5.73. The number of nitrogens with zero attached hydrogens (tertiary/aromatic N) is 2. The van der Waals surface area contributed by atoms with Crippen LogP contribution in [0.2, 0.25) is 0 Å². The maximum absolute atomic E-state index is 12.6. The smallest absolute Gasteiger partial charge is 0.325 e. The highest BCUT2D eigenvalue weighted by atomic mass is 32.2. The number of amides is 1. The Labute approximate surface area is 173 Å². The van der Waals surface area contributed by atoms with Crippen LogP contribution < -0.4 is 0 Å². The number of hydrogen-bond donors (Lipinski definition) is 2. The van der Waals surface area contributed by atoms with Crippen molar-refractivity contribution in [1.82, 2.24) is 9.80 Å². The number of fused-ring (bicyclic) bond motifs is 1. The Morgan fingerprint density at radius 3 is 2.82 bits per heavy atom. The number of rotatable bonds is 7. The minimum Gasteiger partial charge on any atom is -0.480 e. The van der Waals surface area contributed by atoms with Crippen LogP contribution in [0.5, 0.6) is 0 Å². The van der Waals surface area contributed by atoms with E-state index in [2.05, 4.69) is 29.2 Å². The number of aliphatic hydroxyl groups excluding tert-OH is 1. The number of thioether (sulfide) groups is 2. The molecule has 3 heterocycles. The molecule has 3 aliphatic heterocycles. The molecule has 2 saturated heterocycles. The molecule has 1 aromatic carbocycles. The number of β-lactam (4-membered cyclic amide) rings is 1. The van der Waals surface area contributed by atoms with Crippen molar-refractivity contribution < 1.29 is 19.8 Å². The molecule has 150 valence electrons. The molecule has 1 aromatic rings. The molecule has 2 N–H and O–H groups in total. The molecule has 4 rings (SSSR count). The van der Waals surface area contributed by atoms with Crippen LogP contribution in [0.1, 0.15) is 25.3 Å². The van der Waals surface area contributed by atoms with E-state index in [-0.39, 0.29) is 6.42 Å². The van der Waals surface area contributed by atoms with Gasteiger partial charge in [-0.1, -0.05) is 49.0 Å². The molecule has 6 nitrogen and oxygen atoms in total. The summed E-state index contributed by atoms with van der Waals surface area (Å²) in [4.78, 5) is 28.3. The Kier molecular flexibility index (Phi) is 5.48. The molecule has 1 unspecified atom stereocenters. The fourth-order valence-corrected chi connectivity index (χ4v) is 7.30. The predicted octanol–water partition coefficient (Wildman–Crippen LogP) is 2.55. The molecule has 0 radical (unpaired) electrons. The maximum Gasteiger partial charge on any atom is 0.325 e. The van der Waals surface area contributed by atoms with E-state index in [0.717, 1.165) is 30.3 Å². The van der Waals surface area contributed by atoms with Crippen molar-refractivity contribution in [2.45, 2.75) is 43.0 Å². The van der Waals surface area contributed by atoms with Crippen LogP contribution in [0, 0.1) is 5.41 Å². The third kappa shape index (κ3) is 3.16. The van der Waals surface area contributed by atoms with Crippen LogP contribution in [0.3, 0.4) is 0 Å². The van der Waals surface area contributed by atoms with E-state index in [1.807, 2.05) is 6.07 Å². The van der Waals surface area contributed by atoms with Gasteiger partial charge in [-0.05, 0) is 24.9 Å². The standard InChI is InChI=1S/C20H24N2O4S2/c1-2-15(23)20(19(25)26)17(24)22-12-16(28-18(20)22)27-14-8-9-21(11-14)10-13-6-4-3-5-7-13/h3-7,12,14-15,18,23H,2,8-11H2,1H3,(H,25,26)/t14-,15?,18+,20-/m0/s1. The first kappa shape index (κ1) is 19.8. The molecule has 3 aliphatic rings. The highest BCUT2D eigenvalue weighted by Gasteiger charge is 2.71. The minimum absolute atomic E-state index is 0.239. The summed E-state index contributed by atoms with van der Waals surface area (Å²) in [5, 5.41) is 19.9. The number of aliphatic carboxylic acids is 1. The van der Waals surface area contributed by atoms with Gasteiger partial charge >= 0.3 is 5.97 Å². The lowest BCUT2D eigenvalue weighted by Crippen LogP contribution is -2.72. The Bertz CT molecular complexity index is 803. The molecule has 8 heteroatoms. The molecular formula is C20H24N2O4S2. The van der Waals surface area contributed by atoms with Crippen LogP contribution in [-0.4, -0.2) is 61.7 Å². The van der Waals surface area contributed by atoms with E-state index in [4.69, 9.17) is 0 Å². The topological polar surface area (TPSA) is 81.1 Å². The summed E-state index contributed by atoms with van der Waals surface area (Å²) in [6, 6.07) is 10.4. The van der Waals surface area contributed by atoms with Gasteiger partial charge in [-0.2, -0.15) is 0 Å². The van der Waals surface area contributed by atoms with Gasteiger partial charge in [0, 0.05) is 24.5 Å². The average Bonchev–Trinajstić information content (AvgIpc) is 3.28. The minimum atomic E-state index is -1.72. The van der Waals surface area contributed by atoms with E-state index in [0.29, 0.717) is 5.25 Å². The molecule has 0 aromatic heterocycles. The van der Waals surface area contributed by atoms with Gasteiger partial charge in [-0.3, -0.25) is 14.5 Å². The third-order valence-corrected chi connectivity index (χ3v) is 8.52. The van der Waals surface area contributed by atoms with Gasteiger partial charge in [-0.25, -0.2) is 0 Å². The summed E-state index contributed by atoms with van der Waals surface area (Å²) < 4.78 is 0.969. The number of benzene rings is 1. The SMILES string of the molecule is CCC(O)[C@]1(C(=O)O)C(=O)N2C=C(S[C@H]3CCN(Cc4ccccc4)C3)S[C@@H]21. The van der Waals surface area contributed by atoms with E-state index in [9.17, 15) is 19.8 Å². The number of carboxylic acid groups (broad SMARTS) is 1. The molecule has 2 fully saturated rings. The summed E-state index contributed by atoms with van der Waals surface area (Å²) in [5.41, 5.74) is -0.412. The van der Waals surface area contributed by atoms with Gasteiger partial charge in [-0.15, -0.1) is 11.8 Å². The predicted molar refractivity (Wildman–Crippen MR) is 110 cm³/mol. The lowest BCUT2D eigenvalue weighted by Gasteiger charge is -2.50. The Morgan fingerprint density at radius 2 is 2.14 bits per heavy atom. The normalized spacial score (nSPS) is 30.7. The lowest BCUT2D eigenvalue weighted by atomic mass is 9.72. The maximum atomic E-state index is 12.6. The van der Waals surface area contributed by atoms with Crippen LogP contribution in [0.4, 0.5) is 0 Å². The van der Waals surface area contributed by atoms with E-state index < -0.39 is 28.8 Å². The zero-order chi connectivity index (χ0) is 19.9. The summed E-state index contributed by atoms with van der Waals surface area (Å²) in [5.74, 6) is -1.73. The number of hydrogen-bond acceptors (Lipinski definition) is 6. The lowest BCUT2D eigenvalue weighted by molar-refractivity contribution is -0.187. The van der Waals surface area contributed by atoms with Crippen molar-refractivity contribution in [3.63, 3.8) is 0 Å². The second-order valence-electron chi connectivity index (χ2n) is 7.48. The molecule has 0 saturated carbocycles. The molecular weight excluding hydrogens is 396 g/mol. The molecule has 0 aliphatic carbocycles. The number of carbonyl (C=O) groups is 2. The van der Waals surface area contributed by atoms with Crippen molar-refractivity contribution in [2.24, 2.45) is 5.41 Å². The van der Waals surface area contributed by atoms with Gasteiger partial charge in [0.25, 0.3) is 5.91 Å². The quantitative estimate of drug-likeness (QED) is 0.518. The largest absolute Gasteiger partial charge is 0.480 e. The molecule has 0 spiro atoms. The summed E-state index contributed by atoms with van der Waals surface area (Å²) in [7, 11) is 0. The van der Waals surface area contributed by atoms with Crippen LogP contribution in [0.25, 0.3) is 0 Å². The van der Waals surface area contributed by atoms with E-state index >= 15 is 0 Å². The molecule has 28 heavy (non-hydrogen) atoms. The summed E-state index contributed by atoms with van der Waals surface area (Å²) in [6.45, 7) is 4.64. The second kappa shape index (κ2) is 7.74. The molecule has 4 atom stereocenters. The fourth-order valence-electron chi connectivity index (χ4n) is 4.18. The van der Waals surface area contributed by atoms with Crippen LogP contribution in [0.15, 0.2) is 40.8 Å². The zero-order valence-corrected chi connectivity index (χ0v) is 17.3. The number of aliphatic hydroxyl groups is 1. The zero-order valence-electron chi connectivity index (χ0n) is 15.7. The van der Waals surface area contributed by atoms with Gasteiger partial charge in [0.1, 0.15) is 5.37 Å². The van der Waals surface area contributed by atoms with Gasteiger partial charge in [0.15, 0.2) is 0 Å². The van der Waals surface area contributed by atoms with E-state index in [1.165, 1.54) is 22.2 Å². The first-order chi connectivity index (χ1) is 13.5. The Balaban J connectivity index is 1.37. The Morgan fingerprint density at radius 1 is 1.39 bits per heavy atom. The van der Waals surface area contributed by atoms with E-state index in [1.54, 1.807) is 24.9 Å². The molecule has 1 amide bonds. The van der Waals surface area contributed by atoms with Crippen LogP contribution in [-0.2, 0) is 16.1 Å².